The van der Waals surface area contributed by atoms with E-state index in [2.05, 4.69) is 10.3 Å². The first-order valence-corrected chi connectivity index (χ1v) is 9.73. The smallest absolute Gasteiger partial charge is 0.390 e. The number of nitrogens with zero attached hydrogens (tertiary/aromatic N) is 4. The van der Waals surface area contributed by atoms with Gasteiger partial charge >= 0.3 is 12.0 Å². The van der Waals surface area contributed by atoms with Crippen LogP contribution >= 0.6 is 0 Å². The van der Waals surface area contributed by atoms with Crippen LogP contribution in [0.4, 0.5) is 4.79 Å². The molecular formula is C20H28N5O6+. The molecule has 0 saturated carbocycles. The van der Waals surface area contributed by atoms with Crippen molar-refractivity contribution in [1.82, 2.24) is 15.1 Å². The largest absolute Gasteiger partial charge is 0.493 e. The van der Waals surface area contributed by atoms with Gasteiger partial charge in [-0.25, -0.2) is 9.37 Å². The molecule has 3 rings (SSSR count). The summed E-state index contributed by atoms with van der Waals surface area (Å²) in [5.41, 5.74) is 0.738. The van der Waals surface area contributed by atoms with Crippen molar-refractivity contribution in [3.05, 3.63) is 23.8 Å². The zero-order valence-electron chi connectivity index (χ0n) is 18.3. The van der Waals surface area contributed by atoms with Crippen LogP contribution in [0.2, 0.25) is 0 Å². The van der Waals surface area contributed by atoms with Crippen molar-refractivity contribution in [2.24, 2.45) is 4.99 Å². The highest BCUT2D eigenvalue weighted by atomic mass is 16.5. The molecule has 2 heterocycles. The van der Waals surface area contributed by atoms with Crippen LogP contribution in [0.1, 0.15) is 11.6 Å². The van der Waals surface area contributed by atoms with E-state index in [0.29, 0.717) is 36.4 Å². The molecule has 11 nitrogen and oxygen atoms in total. The number of aliphatic hydroxyl groups excluding tert-OH is 1. The van der Waals surface area contributed by atoms with Gasteiger partial charge in [0.1, 0.15) is 6.04 Å². The van der Waals surface area contributed by atoms with Gasteiger partial charge in [-0.05, 0) is 17.7 Å². The first-order valence-electron chi connectivity index (χ1n) is 9.73. The number of carbonyl (C=O) groups is 2. The minimum atomic E-state index is -0.755. The number of amides is 3. The molecule has 1 unspecified atom stereocenters. The number of ether oxygens (including phenoxy) is 3. The maximum atomic E-state index is 12.9. The summed E-state index contributed by atoms with van der Waals surface area (Å²) in [6.07, 6.45) is 0. The number of aliphatic hydroxyl groups is 1. The average Bonchev–Trinajstić information content (AvgIpc) is 3.15. The van der Waals surface area contributed by atoms with E-state index in [9.17, 15) is 14.7 Å². The fourth-order valence-corrected chi connectivity index (χ4v) is 3.60. The van der Waals surface area contributed by atoms with Crippen molar-refractivity contribution in [1.29, 1.82) is 0 Å². The number of methoxy groups -OCH3 is 3. The summed E-state index contributed by atoms with van der Waals surface area (Å²) in [5.74, 6) is 1.42. The maximum absolute atomic E-state index is 12.9. The van der Waals surface area contributed by atoms with Crippen molar-refractivity contribution in [3.8, 4) is 11.5 Å². The molecule has 0 radical (unpaired) electrons. The lowest BCUT2D eigenvalue weighted by atomic mass is 10.1. The lowest BCUT2D eigenvalue weighted by Crippen LogP contribution is -2.61. The predicted molar refractivity (Wildman–Crippen MR) is 112 cm³/mol. The Morgan fingerprint density at radius 2 is 1.87 bits per heavy atom. The van der Waals surface area contributed by atoms with E-state index in [1.807, 2.05) is 0 Å². The molecule has 0 bridgehead atoms. The Morgan fingerprint density at radius 1 is 1.16 bits per heavy atom. The molecule has 168 valence electrons. The number of hydrogen-bond acceptors (Lipinski definition) is 8. The van der Waals surface area contributed by atoms with E-state index in [1.165, 1.54) is 19.1 Å². The van der Waals surface area contributed by atoms with Gasteiger partial charge in [-0.15, -0.1) is 0 Å². The van der Waals surface area contributed by atoms with E-state index >= 15 is 0 Å². The Kier molecular flexibility index (Phi) is 6.76. The highest BCUT2D eigenvalue weighted by molar-refractivity contribution is 6.22. The Balaban J connectivity index is 1.98. The predicted octanol–water partition coefficient (Wildman–Crippen LogP) is -0.354. The zero-order chi connectivity index (χ0) is 22.7. The second-order valence-corrected chi connectivity index (χ2v) is 7.12. The number of hydrogen-bond donors (Lipinski definition) is 2. The van der Waals surface area contributed by atoms with Gasteiger partial charge in [-0.2, -0.15) is 0 Å². The van der Waals surface area contributed by atoms with Crippen molar-refractivity contribution in [2.45, 2.75) is 12.1 Å². The normalized spacial score (nSPS) is 19.4. The van der Waals surface area contributed by atoms with E-state index in [1.54, 1.807) is 44.0 Å². The molecule has 2 aliphatic heterocycles. The summed E-state index contributed by atoms with van der Waals surface area (Å²) >= 11 is 0. The van der Waals surface area contributed by atoms with Crippen molar-refractivity contribution < 1.29 is 33.5 Å². The van der Waals surface area contributed by atoms with Crippen LogP contribution in [-0.4, -0.2) is 104 Å². The number of urea groups is 1. The van der Waals surface area contributed by atoms with Gasteiger partial charge in [0.15, 0.2) is 11.5 Å². The number of rotatable bonds is 8. The van der Waals surface area contributed by atoms with Gasteiger partial charge in [0.25, 0.3) is 5.91 Å². The lowest BCUT2D eigenvalue weighted by Gasteiger charge is -2.31. The monoisotopic (exact) mass is 434 g/mol. The molecule has 1 fully saturated rings. The second-order valence-electron chi connectivity index (χ2n) is 7.12. The van der Waals surface area contributed by atoms with Gasteiger partial charge < -0.3 is 19.3 Å². The number of nitrogens with one attached hydrogen (secondary N) is 1. The SMILES string of the molecule is COCC[N+]1=C(N[C@@H](CO)c2ccc(OC)c(OC)c2)N=C2C1C(=O)N(C)C(=O)N2C. The number of carbonyl (C=O) groups excluding carboxylic acids is 2. The molecule has 2 N–H and O–H groups in total. The van der Waals surface area contributed by atoms with Crippen molar-refractivity contribution in [3.63, 3.8) is 0 Å². The highest BCUT2D eigenvalue weighted by Gasteiger charge is 2.51. The molecule has 2 atom stereocenters. The van der Waals surface area contributed by atoms with Crippen LogP contribution in [0, 0.1) is 0 Å². The minimum absolute atomic E-state index is 0.241. The lowest BCUT2D eigenvalue weighted by molar-refractivity contribution is -0.539. The Bertz CT molecular complexity index is 931. The Hall–Kier alpha value is -3.18. The third kappa shape index (κ3) is 4.06. The third-order valence-corrected chi connectivity index (χ3v) is 5.36. The van der Waals surface area contributed by atoms with Crippen molar-refractivity contribution >= 4 is 23.7 Å². The first-order chi connectivity index (χ1) is 14.9. The number of aliphatic imine (C=N–C) groups is 1. The standard InChI is InChI=1S/C20H27N5O6/c1-23-17-16(18(27)24(2)20(23)28)25(8-9-29-3)19(22-17)21-13(11-26)12-6-7-14(30-4)15(10-12)31-5/h6-7,10,13,16,26H,8-9,11H2,1-5H3/p+1/t13-,16?/m0/s1. The van der Waals surface area contributed by atoms with Crippen LogP contribution in [0.15, 0.2) is 23.2 Å². The van der Waals surface area contributed by atoms with Gasteiger partial charge in [0, 0.05) is 21.2 Å². The van der Waals surface area contributed by atoms with Gasteiger partial charge in [-0.1, -0.05) is 11.1 Å². The molecule has 1 saturated heterocycles. The third-order valence-electron chi connectivity index (χ3n) is 5.36. The molecule has 2 aliphatic rings. The number of amidine groups is 1. The van der Waals surface area contributed by atoms with Gasteiger partial charge in [-0.3, -0.25) is 19.9 Å². The van der Waals surface area contributed by atoms with E-state index in [0.717, 1.165) is 10.5 Å². The summed E-state index contributed by atoms with van der Waals surface area (Å²) in [4.78, 5) is 32.2. The molecule has 0 aromatic heterocycles. The van der Waals surface area contributed by atoms with Crippen LogP contribution in [0.5, 0.6) is 11.5 Å². The van der Waals surface area contributed by atoms with E-state index in [4.69, 9.17) is 14.2 Å². The van der Waals surface area contributed by atoms with E-state index < -0.39 is 18.1 Å². The summed E-state index contributed by atoms with van der Waals surface area (Å²) in [5, 5.41) is 13.3. The second kappa shape index (κ2) is 9.31. The molecule has 11 heteroatoms. The summed E-state index contributed by atoms with van der Waals surface area (Å²) in [6, 6.07) is 3.56. The number of fused-ring (bicyclic) bond motifs is 1. The molecule has 1 aromatic carbocycles. The van der Waals surface area contributed by atoms with Crippen LogP contribution in [0.3, 0.4) is 0 Å². The molecule has 3 amide bonds. The summed E-state index contributed by atoms with van der Waals surface area (Å²) < 4.78 is 17.6. The molecule has 0 spiro atoms. The van der Waals surface area contributed by atoms with Crippen LogP contribution in [-0.2, 0) is 9.53 Å². The average molecular weight is 434 g/mol. The topological polar surface area (TPSA) is 116 Å². The van der Waals surface area contributed by atoms with Gasteiger partial charge in [0.05, 0.1) is 34.0 Å². The maximum Gasteiger partial charge on any atom is 0.390 e. The quantitative estimate of drug-likeness (QED) is 0.537. The zero-order valence-corrected chi connectivity index (χ0v) is 18.3. The van der Waals surface area contributed by atoms with Crippen LogP contribution < -0.4 is 14.8 Å². The molecule has 0 aliphatic carbocycles. The number of imide groups is 1. The molecular weight excluding hydrogens is 406 g/mol. The summed E-state index contributed by atoms with van der Waals surface area (Å²) in [6.45, 7) is 0.469. The fraction of sp³-hybridized carbons (Fsp3) is 0.500. The molecule has 1 aromatic rings. The molecule has 31 heavy (non-hydrogen) atoms. The first kappa shape index (κ1) is 22.5. The number of guanidine groups is 1. The number of benzene rings is 1. The van der Waals surface area contributed by atoms with Crippen molar-refractivity contribution in [2.75, 3.05) is 55.2 Å². The Labute approximate surface area is 180 Å². The van der Waals surface area contributed by atoms with E-state index in [-0.39, 0.29) is 12.5 Å². The fourth-order valence-electron chi connectivity index (χ4n) is 3.60. The number of likely N-dealkylation sites (N-methyl/N-ethyl adjacent to an activating group) is 2. The van der Waals surface area contributed by atoms with Gasteiger partial charge in [0.2, 0.25) is 11.9 Å². The summed E-state index contributed by atoms with van der Waals surface area (Å²) in [7, 11) is 7.66. The Morgan fingerprint density at radius 3 is 2.48 bits per heavy atom. The highest BCUT2D eigenvalue weighted by Crippen LogP contribution is 2.30. The minimum Gasteiger partial charge on any atom is -0.493 e. The van der Waals surface area contributed by atoms with Crippen LogP contribution in [0.25, 0.3) is 0 Å².